The summed E-state index contributed by atoms with van der Waals surface area (Å²) in [6.45, 7) is 2.11. The van der Waals surface area contributed by atoms with E-state index in [9.17, 15) is 0 Å². The van der Waals surface area contributed by atoms with Crippen molar-refractivity contribution in [3.63, 3.8) is 0 Å². The molecular formula is C21H26N6O4S. The van der Waals surface area contributed by atoms with Crippen molar-refractivity contribution in [2.75, 3.05) is 39.3 Å². The summed E-state index contributed by atoms with van der Waals surface area (Å²) in [7, 11) is 4.71. The number of nitrogens with zero attached hydrogens (tertiary/aromatic N) is 6. The molecule has 3 aromatic rings. The highest BCUT2D eigenvalue weighted by Gasteiger charge is 2.32. The highest BCUT2D eigenvalue weighted by Crippen LogP contribution is 2.43. The predicted molar refractivity (Wildman–Crippen MR) is 119 cm³/mol. The summed E-state index contributed by atoms with van der Waals surface area (Å²) in [4.78, 5) is 2.34. The minimum Gasteiger partial charge on any atom is -0.493 e. The van der Waals surface area contributed by atoms with Crippen LogP contribution in [0.3, 0.4) is 0 Å². The molecule has 5 rings (SSSR count). The van der Waals surface area contributed by atoms with Crippen LogP contribution in [0.5, 0.6) is 17.2 Å². The Kier molecular flexibility index (Phi) is 5.81. The first-order valence-corrected chi connectivity index (χ1v) is 11.7. The van der Waals surface area contributed by atoms with Gasteiger partial charge in [-0.25, -0.2) is 0 Å². The van der Waals surface area contributed by atoms with Crippen molar-refractivity contribution in [3.8, 4) is 28.7 Å². The second-order valence-corrected chi connectivity index (χ2v) is 8.72. The minimum absolute atomic E-state index is 0.390. The highest BCUT2D eigenvalue weighted by molar-refractivity contribution is 7.98. The molecule has 0 radical (unpaired) electrons. The van der Waals surface area contributed by atoms with Crippen LogP contribution in [-0.4, -0.2) is 59.4 Å². The van der Waals surface area contributed by atoms with Crippen molar-refractivity contribution in [3.05, 3.63) is 18.0 Å². The molecule has 1 saturated heterocycles. The van der Waals surface area contributed by atoms with Gasteiger partial charge in [-0.2, -0.15) is 0 Å². The molecule has 0 bridgehead atoms. The molecule has 0 spiro atoms. The lowest BCUT2D eigenvalue weighted by Gasteiger charge is -2.17. The maximum Gasteiger partial charge on any atom is 0.248 e. The van der Waals surface area contributed by atoms with Gasteiger partial charge in [-0.15, -0.1) is 20.4 Å². The average Bonchev–Trinajstić information content (AvgIpc) is 3.23. The van der Waals surface area contributed by atoms with Crippen LogP contribution in [-0.2, 0) is 5.75 Å². The Bertz CT molecular complexity index is 1060. The summed E-state index contributed by atoms with van der Waals surface area (Å²) in [6.07, 6.45) is 4.79. The number of hydrogen-bond donors (Lipinski definition) is 0. The Morgan fingerprint density at radius 1 is 0.969 bits per heavy atom. The summed E-state index contributed by atoms with van der Waals surface area (Å²) in [5.41, 5.74) is 0.695. The topological polar surface area (TPSA) is 101 Å². The van der Waals surface area contributed by atoms with Crippen LogP contribution in [0.4, 0.5) is 5.95 Å². The lowest BCUT2D eigenvalue weighted by atomic mass is 10.2. The van der Waals surface area contributed by atoms with E-state index in [1.54, 1.807) is 45.2 Å². The third-order valence-corrected chi connectivity index (χ3v) is 6.58. The SMILES string of the molecule is COc1cc(-c2nnc(CSc3nnc(N4CCCC4)n3C3CC3)o2)cc(OC)c1OC. The second-order valence-electron chi connectivity index (χ2n) is 7.78. The molecule has 2 fully saturated rings. The number of thioether (sulfide) groups is 1. The van der Waals surface area contributed by atoms with Gasteiger partial charge in [0.05, 0.1) is 27.1 Å². The molecule has 0 N–H and O–H groups in total. The number of ether oxygens (including phenoxy) is 3. The van der Waals surface area contributed by atoms with Crippen molar-refractivity contribution in [2.24, 2.45) is 0 Å². The van der Waals surface area contributed by atoms with Crippen molar-refractivity contribution in [1.29, 1.82) is 0 Å². The molecule has 10 nitrogen and oxygen atoms in total. The van der Waals surface area contributed by atoms with E-state index in [1.165, 1.54) is 25.7 Å². The van der Waals surface area contributed by atoms with E-state index in [4.69, 9.17) is 18.6 Å². The molecule has 32 heavy (non-hydrogen) atoms. The minimum atomic E-state index is 0.390. The molecule has 1 aliphatic heterocycles. The smallest absolute Gasteiger partial charge is 0.248 e. The first kappa shape index (κ1) is 20.9. The van der Waals surface area contributed by atoms with Crippen molar-refractivity contribution in [1.82, 2.24) is 25.0 Å². The lowest BCUT2D eigenvalue weighted by Crippen LogP contribution is -2.22. The van der Waals surface area contributed by atoms with Crippen molar-refractivity contribution in [2.45, 2.75) is 42.6 Å². The van der Waals surface area contributed by atoms with Crippen LogP contribution >= 0.6 is 11.8 Å². The first-order chi connectivity index (χ1) is 15.7. The van der Waals surface area contributed by atoms with Crippen LogP contribution in [0, 0.1) is 0 Å². The van der Waals surface area contributed by atoms with E-state index < -0.39 is 0 Å². The standard InChI is InChI=1S/C21H26N6O4S/c1-28-15-10-13(11-16(29-2)18(15)30-3)19-23-22-17(31-19)12-32-21-25-24-20(26-8-4-5-9-26)27(21)14-6-7-14/h10-11,14H,4-9,12H2,1-3H3. The number of aromatic nitrogens is 5. The Morgan fingerprint density at radius 2 is 1.69 bits per heavy atom. The molecular weight excluding hydrogens is 432 g/mol. The molecule has 0 amide bonds. The van der Waals surface area contributed by atoms with E-state index in [1.807, 2.05) is 0 Å². The molecule has 1 saturated carbocycles. The second kappa shape index (κ2) is 8.89. The van der Waals surface area contributed by atoms with E-state index in [2.05, 4.69) is 29.9 Å². The highest BCUT2D eigenvalue weighted by atomic mass is 32.2. The van der Waals surface area contributed by atoms with Gasteiger partial charge >= 0.3 is 0 Å². The third-order valence-electron chi connectivity index (χ3n) is 5.65. The van der Waals surface area contributed by atoms with Gasteiger partial charge in [-0.3, -0.25) is 4.57 Å². The van der Waals surface area contributed by atoms with Gasteiger partial charge in [-0.1, -0.05) is 11.8 Å². The van der Waals surface area contributed by atoms with Crippen LogP contribution in [0.15, 0.2) is 21.7 Å². The zero-order valence-corrected chi connectivity index (χ0v) is 19.2. The van der Waals surface area contributed by atoms with Gasteiger partial charge in [0, 0.05) is 24.7 Å². The lowest BCUT2D eigenvalue weighted by molar-refractivity contribution is 0.324. The Hall–Kier alpha value is -2.95. The Morgan fingerprint density at radius 3 is 2.31 bits per heavy atom. The fraction of sp³-hybridized carbons (Fsp3) is 0.524. The monoisotopic (exact) mass is 458 g/mol. The van der Waals surface area contributed by atoms with E-state index in [-0.39, 0.29) is 0 Å². The molecule has 170 valence electrons. The van der Waals surface area contributed by atoms with Crippen LogP contribution < -0.4 is 19.1 Å². The number of benzene rings is 1. The largest absolute Gasteiger partial charge is 0.493 e. The molecule has 1 aliphatic carbocycles. The summed E-state index contributed by atoms with van der Waals surface area (Å²) < 4.78 is 24.4. The fourth-order valence-corrected chi connectivity index (χ4v) is 4.75. The Balaban J connectivity index is 1.34. The summed E-state index contributed by atoms with van der Waals surface area (Å²) in [5.74, 6) is 4.00. The van der Waals surface area contributed by atoms with Gasteiger partial charge in [0.15, 0.2) is 16.7 Å². The maximum absolute atomic E-state index is 5.92. The molecule has 1 aromatic carbocycles. The van der Waals surface area contributed by atoms with Gasteiger partial charge in [0.25, 0.3) is 0 Å². The van der Waals surface area contributed by atoms with Gasteiger partial charge < -0.3 is 23.5 Å². The molecule has 0 unspecified atom stereocenters. The first-order valence-electron chi connectivity index (χ1n) is 10.7. The predicted octanol–water partition coefficient (Wildman–Crippen LogP) is 3.58. The van der Waals surface area contributed by atoms with Gasteiger partial charge in [0.1, 0.15) is 0 Å². The van der Waals surface area contributed by atoms with Gasteiger partial charge in [0.2, 0.25) is 23.5 Å². The maximum atomic E-state index is 5.92. The zero-order valence-electron chi connectivity index (χ0n) is 18.4. The summed E-state index contributed by atoms with van der Waals surface area (Å²) in [5, 5.41) is 18.3. The quantitative estimate of drug-likeness (QED) is 0.442. The van der Waals surface area contributed by atoms with E-state index in [0.29, 0.717) is 46.4 Å². The van der Waals surface area contributed by atoms with E-state index in [0.717, 1.165) is 24.2 Å². The fourth-order valence-electron chi connectivity index (χ4n) is 3.91. The zero-order chi connectivity index (χ0) is 22.1. The number of rotatable bonds is 9. The van der Waals surface area contributed by atoms with Crippen LogP contribution in [0.2, 0.25) is 0 Å². The number of methoxy groups -OCH3 is 3. The Labute approximate surface area is 190 Å². The number of hydrogen-bond acceptors (Lipinski definition) is 10. The molecule has 11 heteroatoms. The molecule has 2 aromatic heterocycles. The summed E-state index contributed by atoms with van der Waals surface area (Å²) in [6, 6.07) is 4.08. The van der Waals surface area contributed by atoms with Gasteiger partial charge in [-0.05, 0) is 37.8 Å². The third kappa shape index (κ3) is 3.96. The van der Waals surface area contributed by atoms with Crippen LogP contribution in [0.25, 0.3) is 11.5 Å². The number of anilines is 1. The van der Waals surface area contributed by atoms with Crippen LogP contribution in [0.1, 0.15) is 37.6 Å². The normalized spacial score (nSPS) is 15.9. The van der Waals surface area contributed by atoms with Crippen molar-refractivity contribution < 1.29 is 18.6 Å². The molecule has 3 heterocycles. The molecule has 0 atom stereocenters. The summed E-state index contributed by atoms with van der Waals surface area (Å²) >= 11 is 1.58. The average molecular weight is 459 g/mol. The van der Waals surface area contributed by atoms with Crippen molar-refractivity contribution >= 4 is 17.7 Å². The molecule has 2 aliphatic rings. The van der Waals surface area contributed by atoms with E-state index >= 15 is 0 Å².